The Morgan fingerprint density at radius 2 is 1.48 bits per heavy atom. The van der Waals surface area contributed by atoms with Crippen molar-refractivity contribution in [1.29, 1.82) is 0 Å². The molecule has 0 radical (unpaired) electrons. The van der Waals surface area contributed by atoms with E-state index in [-0.39, 0.29) is 5.91 Å². The van der Waals surface area contributed by atoms with Gasteiger partial charge in [0.15, 0.2) is 0 Å². The van der Waals surface area contributed by atoms with Gasteiger partial charge in [-0.05, 0) is 54.4 Å². The normalized spacial score (nSPS) is 10.3. The molecule has 0 atom stereocenters. The van der Waals surface area contributed by atoms with Gasteiger partial charge in [-0.3, -0.25) is 4.79 Å². The van der Waals surface area contributed by atoms with Crippen LogP contribution in [0.2, 0.25) is 0 Å². The fraction of sp³-hybridized carbons (Fsp3) is 0.125. The van der Waals surface area contributed by atoms with Gasteiger partial charge in [0.25, 0.3) is 5.91 Å². The lowest BCUT2D eigenvalue weighted by Gasteiger charge is -2.25. The minimum atomic E-state index is -0.0697. The first-order valence-corrected chi connectivity index (χ1v) is 8.84. The molecule has 0 saturated heterocycles. The Kier molecular flexibility index (Phi) is 5.72. The minimum Gasteiger partial charge on any atom is -0.497 e. The largest absolute Gasteiger partial charge is 0.497 e. The standard InChI is InChI=1S/C24H23NO2/c1-18-9-11-22(12-10-18)24(26)25(17-20-7-5-4-6-8-20)19(2)21-13-15-23(27-3)16-14-21/h4-16H,2,17H2,1,3H3. The van der Waals surface area contributed by atoms with Crippen molar-refractivity contribution in [3.63, 3.8) is 0 Å². The fourth-order valence-corrected chi connectivity index (χ4v) is 2.85. The van der Waals surface area contributed by atoms with Crippen molar-refractivity contribution in [3.05, 3.63) is 108 Å². The first-order chi connectivity index (χ1) is 13.1. The smallest absolute Gasteiger partial charge is 0.258 e. The highest BCUT2D eigenvalue weighted by Gasteiger charge is 2.20. The molecule has 136 valence electrons. The number of amides is 1. The van der Waals surface area contributed by atoms with Crippen LogP contribution >= 0.6 is 0 Å². The maximum atomic E-state index is 13.2. The van der Waals surface area contributed by atoms with Crippen molar-refractivity contribution in [2.45, 2.75) is 13.5 Å². The topological polar surface area (TPSA) is 29.5 Å². The summed E-state index contributed by atoms with van der Waals surface area (Å²) in [7, 11) is 1.63. The minimum absolute atomic E-state index is 0.0697. The van der Waals surface area contributed by atoms with Crippen molar-refractivity contribution in [2.75, 3.05) is 7.11 Å². The molecule has 0 aliphatic heterocycles. The van der Waals surface area contributed by atoms with Gasteiger partial charge < -0.3 is 9.64 Å². The first-order valence-electron chi connectivity index (χ1n) is 8.84. The van der Waals surface area contributed by atoms with E-state index >= 15 is 0 Å². The number of carbonyl (C=O) groups is 1. The average Bonchev–Trinajstić information content (AvgIpc) is 2.72. The zero-order valence-electron chi connectivity index (χ0n) is 15.7. The number of rotatable bonds is 6. The maximum Gasteiger partial charge on any atom is 0.258 e. The maximum absolute atomic E-state index is 13.2. The van der Waals surface area contributed by atoms with E-state index in [1.165, 1.54) is 0 Å². The molecule has 0 saturated carbocycles. The van der Waals surface area contributed by atoms with Crippen LogP contribution in [0.25, 0.3) is 5.70 Å². The van der Waals surface area contributed by atoms with Gasteiger partial charge in [0, 0.05) is 11.3 Å². The van der Waals surface area contributed by atoms with Crippen LogP contribution in [0.1, 0.15) is 27.0 Å². The van der Waals surface area contributed by atoms with Gasteiger partial charge in [0.1, 0.15) is 5.75 Å². The van der Waals surface area contributed by atoms with Crippen LogP contribution in [0.3, 0.4) is 0 Å². The number of methoxy groups -OCH3 is 1. The van der Waals surface area contributed by atoms with E-state index in [2.05, 4.69) is 6.58 Å². The summed E-state index contributed by atoms with van der Waals surface area (Å²) in [4.78, 5) is 15.0. The van der Waals surface area contributed by atoms with E-state index in [4.69, 9.17) is 4.74 Å². The third-order valence-corrected chi connectivity index (χ3v) is 4.48. The molecule has 0 aromatic heterocycles. The molecule has 0 bridgehead atoms. The predicted octanol–water partition coefficient (Wildman–Crippen LogP) is 5.32. The molecule has 3 heteroatoms. The molecule has 3 rings (SSSR count). The zero-order chi connectivity index (χ0) is 19.2. The highest BCUT2D eigenvalue weighted by Crippen LogP contribution is 2.24. The number of ether oxygens (including phenoxy) is 1. The molecule has 27 heavy (non-hydrogen) atoms. The number of nitrogens with zero attached hydrogens (tertiary/aromatic N) is 1. The third kappa shape index (κ3) is 4.45. The molecule has 1 amide bonds. The molecule has 0 aliphatic rings. The van der Waals surface area contributed by atoms with Gasteiger partial charge in [-0.15, -0.1) is 0 Å². The van der Waals surface area contributed by atoms with E-state index in [0.29, 0.717) is 17.8 Å². The van der Waals surface area contributed by atoms with E-state index in [1.807, 2.05) is 85.8 Å². The van der Waals surface area contributed by atoms with Crippen LogP contribution in [-0.2, 0) is 6.54 Å². The Hall–Kier alpha value is -3.33. The predicted molar refractivity (Wildman–Crippen MR) is 110 cm³/mol. The Labute approximate surface area is 160 Å². The van der Waals surface area contributed by atoms with Gasteiger partial charge in [-0.1, -0.05) is 54.6 Å². The molecule has 0 unspecified atom stereocenters. The van der Waals surface area contributed by atoms with Crippen LogP contribution in [0.5, 0.6) is 5.75 Å². The number of benzene rings is 3. The van der Waals surface area contributed by atoms with Crippen molar-refractivity contribution in [2.24, 2.45) is 0 Å². The summed E-state index contributed by atoms with van der Waals surface area (Å²) in [6.45, 7) is 6.67. The fourth-order valence-electron chi connectivity index (χ4n) is 2.85. The second kappa shape index (κ2) is 8.37. The number of aryl methyl sites for hydroxylation is 1. The Bertz CT molecular complexity index is 913. The number of hydrogen-bond donors (Lipinski definition) is 0. The van der Waals surface area contributed by atoms with Gasteiger partial charge >= 0.3 is 0 Å². The second-order valence-corrected chi connectivity index (χ2v) is 6.42. The number of hydrogen-bond acceptors (Lipinski definition) is 2. The summed E-state index contributed by atoms with van der Waals surface area (Å²) in [5.74, 6) is 0.700. The van der Waals surface area contributed by atoms with E-state index < -0.39 is 0 Å². The molecule has 0 N–H and O–H groups in total. The lowest BCUT2D eigenvalue weighted by Crippen LogP contribution is -2.28. The molecular weight excluding hydrogens is 334 g/mol. The van der Waals surface area contributed by atoms with Gasteiger partial charge in [-0.25, -0.2) is 0 Å². The molecule has 0 aliphatic carbocycles. The summed E-state index contributed by atoms with van der Waals surface area (Å²) < 4.78 is 5.22. The van der Waals surface area contributed by atoms with Crippen molar-refractivity contribution < 1.29 is 9.53 Å². The summed E-state index contributed by atoms with van der Waals surface area (Å²) in [5, 5.41) is 0. The highest BCUT2D eigenvalue weighted by atomic mass is 16.5. The summed E-state index contributed by atoms with van der Waals surface area (Å²) in [6, 6.07) is 25.1. The van der Waals surface area contributed by atoms with Crippen LogP contribution in [-0.4, -0.2) is 17.9 Å². The summed E-state index contributed by atoms with van der Waals surface area (Å²) >= 11 is 0. The van der Waals surface area contributed by atoms with Gasteiger partial charge in [0.2, 0.25) is 0 Å². The van der Waals surface area contributed by atoms with Gasteiger partial charge in [0.05, 0.1) is 13.7 Å². The molecule has 0 heterocycles. The summed E-state index contributed by atoms with van der Waals surface area (Å²) in [5.41, 5.74) is 4.35. The molecule has 0 spiro atoms. The van der Waals surface area contributed by atoms with Crippen molar-refractivity contribution >= 4 is 11.6 Å². The average molecular weight is 357 g/mol. The van der Waals surface area contributed by atoms with Crippen molar-refractivity contribution in [3.8, 4) is 5.75 Å². The number of carbonyl (C=O) groups excluding carboxylic acids is 1. The Balaban J connectivity index is 1.94. The monoisotopic (exact) mass is 357 g/mol. The first kappa shape index (κ1) is 18.5. The lowest BCUT2D eigenvalue weighted by molar-refractivity contribution is 0.0828. The Morgan fingerprint density at radius 1 is 0.889 bits per heavy atom. The van der Waals surface area contributed by atoms with Crippen LogP contribution in [0.4, 0.5) is 0 Å². The van der Waals surface area contributed by atoms with Crippen LogP contribution < -0.4 is 4.74 Å². The van der Waals surface area contributed by atoms with Crippen LogP contribution in [0.15, 0.2) is 85.4 Å². The third-order valence-electron chi connectivity index (χ3n) is 4.48. The molecule has 3 aromatic carbocycles. The lowest BCUT2D eigenvalue weighted by atomic mass is 10.1. The molecular formula is C24H23NO2. The van der Waals surface area contributed by atoms with Crippen molar-refractivity contribution in [1.82, 2.24) is 4.90 Å². The van der Waals surface area contributed by atoms with E-state index in [9.17, 15) is 4.79 Å². The molecule has 3 nitrogen and oxygen atoms in total. The van der Waals surface area contributed by atoms with E-state index in [1.54, 1.807) is 12.0 Å². The Morgan fingerprint density at radius 3 is 2.07 bits per heavy atom. The van der Waals surface area contributed by atoms with Crippen LogP contribution in [0, 0.1) is 6.92 Å². The highest BCUT2D eigenvalue weighted by molar-refractivity contribution is 5.99. The zero-order valence-corrected chi connectivity index (χ0v) is 15.7. The van der Waals surface area contributed by atoms with E-state index in [0.717, 1.165) is 22.4 Å². The molecule has 3 aromatic rings. The SMILES string of the molecule is C=C(c1ccc(OC)cc1)N(Cc1ccccc1)C(=O)c1ccc(C)cc1. The second-order valence-electron chi connectivity index (χ2n) is 6.42. The quantitative estimate of drug-likeness (QED) is 0.598. The van der Waals surface area contributed by atoms with Gasteiger partial charge in [-0.2, -0.15) is 0 Å². The summed E-state index contributed by atoms with van der Waals surface area (Å²) in [6.07, 6.45) is 0. The molecule has 0 fully saturated rings.